The van der Waals surface area contributed by atoms with Gasteiger partial charge in [-0.15, -0.1) is 0 Å². The number of ether oxygens (including phenoxy) is 2. The number of methoxy groups -OCH3 is 1. The molecular weight excluding hydrogens is 250 g/mol. The first-order valence-electron chi connectivity index (χ1n) is 7.75. The number of para-hydroxylation sites is 1. The molecule has 3 heteroatoms. The van der Waals surface area contributed by atoms with Gasteiger partial charge in [-0.3, -0.25) is 0 Å². The Morgan fingerprint density at radius 2 is 2.20 bits per heavy atom. The first kappa shape index (κ1) is 15.2. The van der Waals surface area contributed by atoms with Gasteiger partial charge in [0, 0.05) is 12.0 Å². The van der Waals surface area contributed by atoms with Crippen molar-refractivity contribution in [3.63, 3.8) is 0 Å². The van der Waals surface area contributed by atoms with Gasteiger partial charge in [0.1, 0.15) is 0 Å². The smallest absolute Gasteiger partial charge is 0.164 e. The van der Waals surface area contributed by atoms with Crippen molar-refractivity contribution in [2.24, 2.45) is 17.6 Å². The number of hydrogen-bond donors (Lipinski definition) is 1. The fraction of sp³-hybridized carbons (Fsp3) is 0.647. The lowest BCUT2D eigenvalue weighted by molar-refractivity contribution is 0.143. The Balaban J connectivity index is 2.13. The van der Waals surface area contributed by atoms with Gasteiger partial charge in [0.05, 0.1) is 13.7 Å². The van der Waals surface area contributed by atoms with Gasteiger partial charge in [-0.25, -0.2) is 0 Å². The van der Waals surface area contributed by atoms with E-state index in [-0.39, 0.29) is 6.04 Å². The van der Waals surface area contributed by atoms with Crippen molar-refractivity contribution in [3.05, 3.63) is 23.8 Å². The van der Waals surface area contributed by atoms with Crippen LogP contribution in [0.3, 0.4) is 0 Å². The van der Waals surface area contributed by atoms with Gasteiger partial charge >= 0.3 is 0 Å². The minimum Gasteiger partial charge on any atom is -0.493 e. The van der Waals surface area contributed by atoms with Crippen LogP contribution in [0.15, 0.2) is 18.2 Å². The van der Waals surface area contributed by atoms with Gasteiger partial charge in [0.2, 0.25) is 0 Å². The number of hydrogen-bond acceptors (Lipinski definition) is 3. The topological polar surface area (TPSA) is 44.5 Å². The van der Waals surface area contributed by atoms with Crippen molar-refractivity contribution in [1.82, 2.24) is 0 Å². The van der Waals surface area contributed by atoms with Crippen molar-refractivity contribution >= 4 is 0 Å². The van der Waals surface area contributed by atoms with Crippen LogP contribution in [0.5, 0.6) is 11.5 Å². The third-order valence-electron chi connectivity index (χ3n) is 4.45. The van der Waals surface area contributed by atoms with Gasteiger partial charge < -0.3 is 15.2 Å². The van der Waals surface area contributed by atoms with Crippen LogP contribution < -0.4 is 15.2 Å². The summed E-state index contributed by atoms with van der Waals surface area (Å²) < 4.78 is 11.4. The molecule has 1 aromatic carbocycles. The summed E-state index contributed by atoms with van der Waals surface area (Å²) in [7, 11) is 1.69. The van der Waals surface area contributed by atoms with Crippen LogP contribution in [-0.2, 0) is 6.42 Å². The fourth-order valence-electron chi connectivity index (χ4n) is 3.39. The molecule has 3 nitrogen and oxygen atoms in total. The molecule has 3 unspecified atom stereocenters. The second-order valence-corrected chi connectivity index (χ2v) is 5.75. The van der Waals surface area contributed by atoms with E-state index in [2.05, 4.69) is 19.9 Å². The second-order valence-electron chi connectivity index (χ2n) is 5.75. The first-order chi connectivity index (χ1) is 9.71. The molecule has 1 aliphatic rings. The van der Waals surface area contributed by atoms with E-state index in [0.717, 1.165) is 43.8 Å². The summed E-state index contributed by atoms with van der Waals surface area (Å²) in [5, 5.41) is 0. The highest BCUT2D eigenvalue weighted by molar-refractivity contribution is 5.47. The van der Waals surface area contributed by atoms with Crippen LogP contribution in [0.25, 0.3) is 0 Å². The molecule has 20 heavy (non-hydrogen) atoms. The lowest BCUT2D eigenvalue weighted by atomic mass is 9.78. The van der Waals surface area contributed by atoms with E-state index in [1.54, 1.807) is 7.11 Å². The molecule has 0 aromatic heterocycles. The standard InChI is InChI=1S/C17H27NO2/c1-4-7-15(18)14(5-2)13-10-12-8-6-9-16(19-3)17(12)20-11-13/h6,8-9,13-15H,4-5,7,10-11,18H2,1-3H3. The second kappa shape index (κ2) is 6.98. The third kappa shape index (κ3) is 3.09. The maximum absolute atomic E-state index is 6.37. The molecule has 1 heterocycles. The molecule has 0 radical (unpaired) electrons. The Kier molecular flexibility index (Phi) is 5.30. The average molecular weight is 277 g/mol. The Hall–Kier alpha value is -1.22. The monoisotopic (exact) mass is 277 g/mol. The zero-order chi connectivity index (χ0) is 14.5. The zero-order valence-electron chi connectivity index (χ0n) is 12.9. The average Bonchev–Trinajstić information content (AvgIpc) is 2.47. The highest BCUT2D eigenvalue weighted by atomic mass is 16.5. The van der Waals surface area contributed by atoms with Crippen LogP contribution in [-0.4, -0.2) is 19.8 Å². The maximum atomic E-state index is 6.37. The summed E-state index contributed by atoms with van der Waals surface area (Å²) >= 11 is 0. The van der Waals surface area contributed by atoms with Gasteiger partial charge in [-0.1, -0.05) is 38.8 Å². The van der Waals surface area contributed by atoms with E-state index < -0.39 is 0 Å². The molecule has 0 amide bonds. The Bertz CT molecular complexity index is 433. The zero-order valence-corrected chi connectivity index (χ0v) is 12.9. The lowest BCUT2D eigenvalue weighted by Crippen LogP contribution is -2.39. The molecule has 0 saturated heterocycles. The van der Waals surface area contributed by atoms with Crippen molar-refractivity contribution < 1.29 is 9.47 Å². The van der Waals surface area contributed by atoms with E-state index in [1.165, 1.54) is 5.56 Å². The van der Waals surface area contributed by atoms with Crippen LogP contribution in [0.1, 0.15) is 38.7 Å². The molecule has 0 spiro atoms. The Morgan fingerprint density at radius 1 is 1.40 bits per heavy atom. The Labute approximate surface area is 122 Å². The molecule has 1 aromatic rings. The fourth-order valence-corrected chi connectivity index (χ4v) is 3.39. The van der Waals surface area contributed by atoms with Gasteiger partial charge in [-0.05, 0) is 30.4 Å². The molecule has 0 aliphatic carbocycles. The lowest BCUT2D eigenvalue weighted by Gasteiger charge is -2.34. The minimum atomic E-state index is 0.283. The molecule has 3 atom stereocenters. The molecular formula is C17H27NO2. The summed E-state index contributed by atoms with van der Waals surface area (Å²) in [5.74, 6) is 2.81. The molecule has 0 bridgehead atoms. The molecule has 2 N–H and O–H groups in total. The van der Waals surface area contributed by atoms with Crippen LogP contribution in [0, 0.1) is 11.8 Å². The number of rotatable bonds is 6. The van der Waals surface area contributed by atoms with Crippen LogP contribution in [0.2, 0.25) is 0 Å². The highest BCUT2D eigenvalue weighted by Gasteiger charge is 2.31. The van der Waals surface area contributed by atoms with E-state index in [1.807, 2.05) is 12.1 Å². The van der Waals surface area contributed by atoms with Crippen LogP contribution >= 0.6 is 0 Å². The predicted molar refractivity (Wildman–Crippen MR) is 82.3 cm³/mol. The summed E-state index contributed by atoms with van der Waals surface area (Å²) in [6, 6.07) is 6.42. The quantitative estimate of drug-likeness (QED) is 0.866. The van der Waals surface area contributed by atoms with Gasteiger partial charge in [0.25, 0.3) is 0 Å². The molecule has 112 valence electrons. The van der Waals surface area contributed by atoms with Crippen molar-refractivity contribution in [3.8, 4) is 11.5 Å². The van der Waals surface area contributed by atoms with E-state index in [4.69, 9.17) is 15.2 Å². The Morgan fingerprint density at radius 3 is 2.85 bits per heavy atom. The van der Waals surface area contributed by atoms with Crippen molar-refractivity contribution in [2.45, 2.75) is 45.6 Å². The highest BCUT2D eigenvalue weighted by Crippen LogP contribution is 2.39. The molecule has 2 rings (SSSR count). The summed E-state index contributed by atoms with van der Waals surface area (Å²) in [6.07, 6.45) is 4.41. The summed E-state index contributed by atoms with van der Waals surface area (Å²) in [6.45, 7) is 5.19. The summed E-state index contributed by atoms with van der Waals surface area (Å²) in [4.78, 5) is 0. The SMILES string of the molecule is CCCC(N)C(CC)C1COc2c(cccc2OC)C1. The number of fused-ring (bicyclic) bond motifs is 1. The van der Waals surface area contributed by atoms with Gasteiger partial charge in [0.15, 0.2) is 11.5 Å². The molecule has 1 aliphatic heterocycles. The first-order valence-corrected chi connectivity index (χ1v) is 7.75. The number of nitrogens with two attached hydrogens (primary N) is 1. The third-order valence-corrected chi connectivity index (χ3v) is 4.45. The van der Waals surface area contributed by atoms with Crippen LogP contribution in [0.4, 0.5) is 0 Å². The normalized spacial score (nSPS) is 20.7. The summed E-state index contributed by atoms with van der Waals surface area (Å²) in [5.41, 5.74) is 7.62. The van der Waals surface area contributed by atoms with Gasteiger partial charge in [-0.2, -0.15) is 0 Å². The van der Waals surface area contributed by atoms with E-state index in [0.29, 0.717) is 11.8 Å². The maximum Gasteiger partial charge on any atom is 0.164 e. The minimum absolute atomic E-state index is 0.283. The predicted octanol–water partition coefficient (Wildman–Crippen LogP) is 3.40. The molecule has 0 fully saturated rings. The van der Waals surface area contributed by atoms with E-state index >= 15 is 0 Å². The largest absolute Gasteiger partial charge is 0.493 e. The van der Waals surface area contributed by atoms with Crippen molar-refractivity contribution in [2.75, 3.05) is 13.7 Å². The van der Waals surface area contributed by atoms with E-state index in [9.17, 15) is 0 Å². The number of benzene rings is 1. The molecule has 0 saturated carbocycles. The van der Waals surface area contributed by atoms with Crippen molar-refractivity contribution in [1.29, 1.82) is 0 Å².